The molecule has 1 amide bonds. The Balaban J connectivity index is 1.16. The van der Waals surface area contributed by atoms with Gasteiger partial charge >= 0.3 is 0 Å². The van der Waals surface area contributed by atoms with Crippen LogP contribution < -0.4 is 5.56 Å². The Bertz CT molecular complexity index is 1690. The third-order valence-electron chi connectivity index (χ3n) is 7.08. The lowest BCUT2D eigenvalue weighted by atomic mass is 9.91. The molecule has 39 heavy (non-hydrogen) atoms. The van der Waals surface area contributed by atoms with Gasteiger partial charge in [0, 0.05) is 38.7 Å². The van der Waals surface area contributed by atoms with Crippen molar-refractivity contribution < 1.29 is 14.3 Å². The van der Waals surface area contributed by atoms with Gasteiger partial charge in [-0.3, -0.25) is 23.5 Å². The number of benzene rings is 1. The largest absolute Gasteiger partial charge is 0.388 e. The zero-order chi connectivity index (χ0) is 27.1. The van der Waals surface area contributed by atoms with Gasteiger partial charge in [0.1, 0.15) is 17.5 Å². The number of amides is 1. The second-order valence-corrected chi connectivity index (χ2v) is 9.83. The van der Waals surface area contributed by atoms with Crippen molar-refractivity contribution in [2.24, 2.45) is 7.05 Å². The summed E-state index contributed by atoms with van der Waals surface area (Å²) >= 11 is 0. The Morgan fingerprint density at radius 2 is 1.92 bits per heavy atom. The molecule has 4 aromatic heterocycles. The van der Waals surface area contributed by atoms with Crippen molar-refractivity contribution >= 4 is 16.9 Å². The van der Waals surface area contributed by atoms with Gasteiger partial charge in [-0.25, -0.2) is 14.1 Å². The van der Waals surface area contributed by atoms with Crippen molar-refractivity contribution in [2.45, 2.75) is 31.5 Å². The van der Waals surface area contributed by atoms with Crippen LogP contribution in [0.25, 0.3) is 16.7 Å². The minimum atomic E-state index is -1.18. The van der Waals surface area contributed by atoms with Gasteiger partial charge in [0.25, 0.3) is 11.5 Å². The van der Waals surface area contributed by atoms with Gasteiger partial charge in [-0.15, -0.1) is 0 Å². The van der Waals surface area contributed by atoms with E-state index in [1.54, 1.807) is 45.8 Å². The van der Waals surface area contributed by atoms with E-state index < -0.39 is 5.60 Å². The van der Waals surface area contributed by atoms with Crippen molar-refractivity contribution in [3.63, 3.8) is 0 Å². The normalized spacial score (nSPS) is 15.2. The van der Waals surface area contributed by atoms with Crippen molar-refractivity contribution in [1.29, 1.82) is 0 Å². The van der Waals surface area contributed by atoms with E-state index in [0.717, 1.165) is 0 Å². The van der Waals surface area contributed by atoms with Gasteiger partial charge in [0.05, 0.1) is 41.8 Å². The first-order valence-corrected chi connectivity index (χ1v) is 12.5. The molecule has 0 spiro atoms. The summed E-state index contributed by atoms with van der Waals surface area (Å²) in [5.41, 5.74) is 0.529. The average Bonchev–Trinajstić information content (AvgIpc) is 3.67. The van der Waals surface area contributed by atoms with Gasteiger partial charge in [0.15, 0.2) is 5.65 Å². The second kappa shape index (κ2) is 9.58. The topological polar surface area (TPSA) is 129 Å². The number of halogens is 1. The first-order valence-electron chi connectivity index (χ1n) is 12.5. The van der Waals surface area contributed by atoms with E-state index in [4.69, 9.17) is 0 Å². The zero-order valence-electron chi connectivity index (χ0n) is 21.2. The number of aromatic nitrogens is 8. The number of likely N-dealkylation sites (tertiary alicyclic amines) is 1. The van der Waals surface area contributed by atoms with Crippen molar-refractivity contribution in [3.8, 4) is 5.69 Å². The maximum absolute atomic E-state index is 13.3. The molecule has 200 valence electrons. The molecule has 1 saturated heterocycles. The average molecular weight is 532 g/mol. The zero-order valence-corrected chi connectivity index (χ0v) is 21.2. The lowest BCUT2D eigenvalue weighted by Crippen LogP contribution is -2.49. The number of fused-ring (bicyclic) bond motifs is 1. The Hall–Kier alpha value is -4.65. The van der Waals surface area contributed by atoms with Crippen LogP contribution in [0.2, 0.25) is 0 Å². The molecular formula is C26H26FN9O3. The lowest BCUT2D eigenvalue weighted by Gasteiger charge is -2.38. The molecule has 1 N–H and O–H groups in total. The molecule has 5 aromatic rings. The van der Waals surface area contributed by atoms with Crippen LogP contribution in [0.1, 0.15) is 28.9 Å². The highest BCUT2D eigenvalue weighted by atomic mass is 19.1. The SMILES string of the molecule is Cn1cc(C(=O)N2CCC(O)(Cn3cnc4c(cnn4-c4ccc(F)cc4)c3=O)CC2)c(Cn2cccn2)n1. The van der Waals surface area contributed by atoms with Crippen LogP contribution in [0.3, 0.4) is 0 Å². The molecule has 1 aromatic carbocycles. The van der Waals surface area contributed by atoms with E-state index in [0.29, 0.717) is 60.5 Å². The van der Waals surface area contributed by atoms with Crippen molar-refractivity contribution in [2.75, 3.05) is 13.1 Å². The Labute approximate surface area is 221 Å². The summed E-state index contributed by atoms with van der Waals surface area (Å²) in [6, 6.07) is 7.54. The maximum Gasteiger partial charge on any atom is 0.264 e. The van der Waals surface area contributed by atoms with Crippen LogP contribution >= 0.6 is 0 Å². The molecule has 1 aliphatic heterocycles. The van der Waals surface area contributed by atoms with Gasteiger partial charge in [0.2, 0.25) is 0 Å². The van der Waals surface area contributed by atoms with Crippen LogP contribution in [-0.4, -0.2) is 73.5 Å². The highest BCUT2D eigenvalue weighted by Gasteiger charge is 2.36. The summed E-state index contributed by atoms with van der Waals surface area (Å²) in [4.78, 5) is 32.6. The second-order valence-electron chi connectivity index (χ2n) is 9.83. The quantitative estimate of drug-likeness (QED) is 0.350. The van der Waals surface area contributed by atoms with Crippen LogP contribution in [0.15, 0.2) is 66.2 Å². The molecule has 0 aliphatic carbocycles. The predicted molar refractivity (Wildman–Crippen MR) is 138 cm³/mol. The fourth-order valence-corrected chi connectivity index (χ4v) is 4.98. The van der Waals surface area contributed by atoms with Gasteiger partial charge in [-0.2, -0.15) is 15.3 Å². The van der Waals surface area contributed by atoms with E-state index >= 15 is 0 Å². The summed E-state index contributed by atoms with van der Waals surface area (Å²) in [5.74, 6) is -0.526. The highest BCUT2D eigenvalue weighted by molar-refractivity contribution is 5.95. The monoisotopic (exact) mass is 531 g/mol. The van der Waals surface area contributed by atoms with Gasteiger partial charge in [-0.05, 0) is 43.2 Å². The number of piperidine rings is 1. The molecule has 13 heteroatoms. The van der Waals surface area contributed by atoms with Crippen LogP contribution in [0, 0.1) is 5.82 Å². The van der Waals surface area contributed by atoms with E-state index in [2.05, 4.69) is 20.3 Å². The molecule has 0 atom stereocenters. The van der Waals surface area contributed by atoms with Crippen LogP contribution in [-0.2, 0) is 20.1 Å². The van der Waals surface area contributed by atoms with Crippen molar-refractivity contribution in [3.05, 3.63) is 88.9 Å². The van der Waals surface area contributed by atoms with E-state index in [9.17, 15) is 19.1 Å². The molecule has 0 radical (unpaired) electrons. The number of hydrogen-bond acceptors (Lipinski definition) is 7. The van der Waals surface area contributed by atoms with E-state index in [1.165, 1.54) is 33.9 Å². The molecule has 12 nitrogen and oxygen atoms in total. The predicted octanol–water partition coefficient (Wildman–Crippen LogP) is 1.37. The van der Waals surface area contributed by atoms with E-state index in [-0.39, 0.29) is 23.8 Å². The fraction of sp³-hybridized carbons (Fsp3) is 0.308. The Morgan fingerprint density at radius 3 is 2.64 bits per heavy atom. The molecule has 5 heterocycles. The molecule has 0 unspecified atom stereocenters. The molecule has 6 rings (SSSR count). The van der Waals surface area contributed by atoms with E-state index in [1.807, 2.05) is 12.3 Å². The standard InChI is InChI=1S/C26H26FN9O3/c1-32-14-21(22(31-32)15-35-10-2-9-29-35)25(38)33-11-7-26(39,8-12-33)16-34-17-28-23-20(24(34)37)13-30-36(23)19-5-3-18(27)4-6-19/h2-6,9-10,13-14,17,39H,7-8,11-12,15-16H2,1H3. The first kappa shape index (κ1) is 24.7. The summed E-state index contributed by atoms with van der Waals surface area (Å²) in [6.45, 7) is 1.08. The Morgan fingerprint density at radius 1 is 1.15 bits per heavy atom. The number of carbonyl (C=O) groups is 1. The fourth-order valence-electron chi connectivity index (χ4n) is 4.98. The summed E-state index contributed by atoms with van der Waals surface area (Å²) in [7, 11) is 1.77. The minimum Gasteiger partial charge on any atom is -0.388 e. The third-order valence-corrected chi connectivity index (χ3v) is 7.08. The van der Waals surface area contributed by atoms with Gasteiger partial charge < -0.3 is 10.0 Å². The van der Waals surface area contributed by atoms with Crippen LogP contribution in [0.5, 0.6) is 0 Å². The number of rotatable bonds is 6. The van der Waals surface area contributed by atoms with Crippen molar-refractivity contribution in [1.82, 2.24) is 43.8 Å². The lowest BCUT2D eigenvalue weighted by molar-refractivity contribution is -0.0299. The van der Waals surface area contributed by atoms with Gasteiger partial charge in [-0.1, -0.05) is 0 Å². The number of hydrogen-bond donors (Lipinski definition) is 1. The third kappa shape index (κ3) is 4.72. The smallest absolute Gasteiger partial charge is 0.264 e. The number of aryl methyl sites for hydroxylation is 1. The molecule has 1 fully saturated rings. The number of aliphatic hydroxyl groups is 1. The number of carbonyl (C=O) groups excluding carboxylic acids is 1. The molecule has 0 saturated carbocycles. The molecular weight excluding hydrogens is 505 g/mol. The van der Waals surface area contributed by atoms with Crippen LogP contribution in [0.4, 0.5) is 4.39 Å². The maximum atomic E-state index is 13.3. The first-order chi connectivity index (χ1) is 18.8. The Kier molecular flexibility index (Phi) is 6.06. The summed E-state index contributed by atoms with van der Waals surface area (Å²) < 4.78 is 19.5. The number of nitrogens with zero attached hydrogens (tertiary/aromatic N) is 9. The highest BCUT2D eigenvalue weighted by Crippen LogP contribution is 2.26. The summed E-state index contributed by atoms with van der Waals surface area (Å²) in [5, 5.41) is 24.5. The molecule has 1 aliphatic rings. The minimum absolute atomic E-state index is 0.0377. The molecule has 0 bridgehead atoms. The summed E-state index contributed by atoms with van der Waals surface area (Å²) in [6.07, 6.45) is 8.59.